The topological polar surface area (TPSA) is 86.8 Å². The number of hydrogen-bond donors (Lipinski definition) is 1. The van der Waals surface area contributed by atoms with Crippen LogP contribution in [-0.4, -0.2) is 44.3 Å². The highest BCUT2D eigenvalue weighted by Crippen LogP contribution is 2.27. The SMILES string of the molecule is CCNC(=O)[C@H](Cc1ccccc1)N(Cc1ccc(Br)cc1)C(=O)CN(c1ccc(C(C)C)cc1)S(=O)(=O)c1ccc(C)cc1. The lowest BCUT2D eigenvalue weighted by atomic mass is 10.0. The first-order chi connectivity index (χ1) is 21.5. The molecule has 0 aliphatic heterocycles. The van der Waals surface area contributed by atoms with E-state index < -0.39 is 28.5 Å². The number of aryl methyl sites for hydroxylation is 1. The highest BCUT2D eigenvalue weighted by Gasteiger charge is 2.34. The fourth-order valence-electron chi connectivity index (χ4n) is 5.02. The molecule has 236 valence electrons. The average molecular weight is 691 g/mol. The van der Waals surface area contributed by atoms with E-state index in [9.17, 15) is 18.0 Å². The second kappa shape index (κ2) is 15.4. The van der Waals surface area contributed by atoms with Crippen LogP contribution >= 0.6 is 15.9 Å². The number of halogens is 1. The van der Waals surface area contributed by atoms with Gasteiger partial charge in [-0.2, -0.15) is 0 Å². The van der Waals surface area contributed by atoms with E-state index >= 15 is 0 Å². The zero-order chi connectivity index (χ0) is 32.6. The van der Waals surface area contributed by atoms with Crippen LogP contribution in [0.1, 0.15) is 48.9 Å². The van der Waals surface area contributed by atoms with Gasteiger partial charge in [-0.25, -0.2) is 8.42 Å². The van der Waals surface area contributed by atoms with Gasteiger partial charge in [0.1, 0.15) is 12.6 Å². The molecular formula is C36H40BrN3O4S. The Hall–Kier alpha value is -3.95. The third-order valence-corrected chi connectivity index (χ3v) is 9.94. The molecule has 4 aromatic carbocycles. The molecule has 0 heterocycles. The summed E-state index contributed by atoms with van der Waals surface area (Å²) in [5.41, 5.74) is 4.03. The molecule has 0 fully saturated rings. The highest BCUT2D eigenvalue weighted by molar-refractivity contribution is 9.10. The van der Waals surface area contributed by atoms with Gasteiger partial charge >= 0.3 is 0 Å². The summed E-state index contributed by atoms with van der Waals surface area (Å²) < 4.78 is 30.4. The molecule has 45 heavy (non-hydrogen) atoms. The molecule has 0 aliphatic rings. The Morgan fingerprint density at radius 2 is 1.44 bits per heavy atom. The van der Waals surface area contributed by atoms with E-state index in [2.05, 4.69) is 35.1 Å². The lowest BCUT2D eigenvalue weighted by Gasteiger charge is -2.34. The molecule has 0 saturated heterocycles. The van der Waals surface area contributed by atoms with Gasteiger partial charge in [-0.3, -0.25) is 13.9 Å². The van der Waals surface area contributed by atoms with Crippen LogP contribution in [0.15, 0.2) is 112 Å². The molecule has 4 rings (SSSR count). The quantitative estimate of drug-likeness (QED) is 0.166. The fourth-order valence-corrected chi connectivity index (χ4v) is 6.70. The molecule has 0 aromatic heterocycles. The molecule has 7 nitrogen and oxygen atoms in total. The number of sulfonamides is 1. The first-order valence-electron chi connectivity index (χ1n) is 15.0. The molecule has 0 spiro atoms. The number of benzene rings is 4. The molecule has 0 saturated carbocycles. The van der Waals surface area contributed by atoms with Gasteiger partial charge in [0.15, 0.2) is 0 Å². The Morgan fingerprint density at radius 1 is 0.822 bits per heavy atom. The zero-order valence-electron chi connectivity index (χ0n) is 26.1. The van der Waals surface area contributed by atoms with E-state index in [-0.39, 0.29) is 29.7 Å². The summed E-state index contributed by atoms with van der Waals surface area (Å²) in [5.74, 6) is -0.546. The number of amides is 2. The Balaban J connectivity index is 1.80. The summed E-state index contributed by atoms with van der Waals surface area (Å²) in [7, 11) is -4.15. The minimum atomic E-state index is -4.15. The van der Waals surface area contributed by atoms with E-state index in [0.717, 1.165) is 31.0 Å². The zero-order valence-corrected chi connectivity index (χ0v) is 28.5. The summed E-state index contributed by atoms with van der Waals surface area (Å²) in [6, 6.07) is 30.0. The van der Waals surface area contributed by atoms with Crippen molar-refractivity contribution in [2.75, 3.05) is 17.4 Å². The molecule has 0 bridgehead atoms. The van der Waals surface area contributed by atoms with Crippen LogP contribution in [0.25, 0.3) is 0 Å². The number of carbonyl (C=O) groups is 2. The van der Waals surface area contributed by atoms with Gasteiger partial charge in [0.25, 0.3) is 10.0 Å². The molecule has 2 amide bonds. The molecule has 1 N–H and O–H groups in total. The fraction of sp³-hybridized carbons (Fsp3) is 0.278. The monoisotopic (exact) mass is 689 g/mol. The average Bonchev–Trinajstić information content (AvgIpc) is 3.03. The van der Waals surface area contributed by atoms with Gasteiger partial charge in [-0.15, -0.1) is 0 Å². The van der Waals surface area contributed by atoms with Gasteiger partial charge in [0.05, 0.1) is 10.6 Å². The lowest BCUT2D eigenvalue weighted by molar-refractivity contribution is -0.140. The molecular weight excluding hydrogens is 650 g/mol. The van der Waals surface area contributed by atoms with E-state index in [1.54, 1.807) is 36.4 Å². The van der Waals surface area contributed by atoms with Crippen molar-refractivity contribution in [2.45, 2.75) is 57.5 Å². The van der Waals surface area contributed by atoms with Crippen LogP contribution in [0.2, 0.25) is 0 Å². The number of nitrogens with zero attached hydrogens (tertiary/aromatic N) is 2. The summed E-state index contributed by atoms with van der Waals surface area (Å²) in [6.45, 7) is 7.86. The normalized spacial score (nSPS) is 12.0. The molecule has 0 radical (unpaired) electrons. The van der Waals surface area contributed by atoms with E-state index in [4.69, 9.17) is 0 Å². The Labute approximate surface area is 275 Å². The maximum Gasteiger partial charge on any atom is 0.264 e. The van der Waals surface area contributed by atoms with Gasteiger partial charge in [0, 0.05) is 24.0 Å². The third kappa shape index (κ3) is 8.83. The first-order valence-corrected chi connectivity index (χ1v) is 17.3. The van der Waals surface area contributed by atoms with Crippen molar-refractivity contribution in [2.24, 2.45) is 0 Å². The maximum absolute atomic E-state index is 14.5. The molecule has 4 aromatic rings. The largest absolute Gasteiger partial charge is 0.355 e. The van der Waals surface area contributed by atoms with Crippen molar-refractivity contribution in [3.05, 3.63) is 130 Å². The standard InChI is InChI=1S/C36H40BrN3O4S/c1-5-38-36(42)34(23-28-9-7-6-8-10-28)39(24-29-13-17-31(37)18-14-29)35(41)25-40(32-19-15-30(16-20-32)26(2)3)45(43,44)33-21-11-27(4)12-22-33/h6-22,26,34H,5,23-25H2,1-4H3,(H,38,42)/t34-/m0/s1. The predicted molar refractivity (Wildman–Crippen MR) is 184 cm³/mol. The number of nitrogens with one attached hydrogen (secondary N) is 1. The molecule has 1 atom stereocenters. The highest BCUT2D eigenvalue weighted by atomic mass is 79.9. The first kappa shape index (κ1) is 33.9. The second-order valence-corrected chi connectivity index (χ2v) is 14.1. The van der Waals surface area contributed by atoms with E-state index in [1.807, 2.05) is 80.6 Å². The van der Waals surface area contributed by atoms with E-state index in [0.29, 0.717) is 12.2 Å². The molecule has 9 heteroatoms. The minimum Gasteiger partial charge on any atom is -0.355 e. The smallest absolute Gasteiger partial charge is 0.264 e. The van der Waals surface area contributed by atoms with Crippen LogP contribution in [0.5, 0.6) is 0 Å². The second-order valence-electron chi connectivity index (χ2n) is 11.3. The summed E-state index contributed by atoms with van der Waals surface area (Å²) >= 11 is 3.46. The van der Waals surface area contributed by atoms with Crippen molar-refractivity contribution >= 4 is 43.5 Å². The number of anilines is 1. The summed E-state index contributed by atoms with van der Waals surface area (Å²) in [5, 5.41) is 2.89. The summed E-state index contributed by atoms with van der Waals surface area (Å²) in [4.78, 5) is 29.7. The van der Waals surface area contributed by atoms with Crippen LogP contribution in [-0.2, 0) is 32.6 Å². The van der Waals surface area contributed by atoms with Gasteiger partial charge in [-0.05, 0) is 72.9 Å². The number of rotatable bonds is 13. The van der Waals surface area contributed by atoms with E-state index in [1.165, 1.54) is 4.90 Å². The molecule has 0 aliphatic carbocycles. The Bertz CT molecular complexity index is 1680. The maximum atomic E-state index is 14.5. The predicted octanol–water partition coefficient (Wildman–Crippen LogP) is 6.85. The van der Waals surface area contributed by atoms with Gasteiger partial charge < -0.3 is 10.2 Å². The third-order valence-electron chi connectivity index (χ3n) is 7.62. The minimum absolute atomic E-state index is 0.0813. The number of likely N-dealkylation sites (N-methyl/N-ethyl adjacent to an activating group) is 1. The number of carbonyl (C=O) groups excluding carboxylic acids is 2. The van der Waals surface area contributed by atoms with Gasteiger partial charge in [0.2, 0.25) is 11.8 Å². The lowest BCUT2D eigenvalue weighted by Crippen LogP contribution is -2.53. The van der Waals surface area contributed by atoms with Crippen LogP contribution in [0.4, 0.5) is 5.69 Å². The molecule has 0 unspecified atom stereocenters. The van der Waals surface area contributed by atoms with Crippen molar-refractivity contribution < 1.29 is 18.0 Å². The van der Waals surface area contributed by atoms with Crippen LogP contribution in [0.3, 0.4) is 0 Å². The Kier molecular flexibility index (Phi) is 11.6. The summed E-state index contributed by atoms with van der Waals surface area (Å²) in [6.07, 6.45) is 0.267. The Morgan fingerprint density at radius 3 is 2.02 bits per heavy atom. The van der Waals surface area contributed by atoms with Crippen molar-refractivity contribution in [3.63, 3.8) is 0 Å². The van der Waals surface area contributed by atoms with Crippen LogP contribution in [0, 0.1) is 6.92 Å². The van der Waals surface area contributed by atoms with Crippen molar-refractivity contribution in [3.8, 4) is 0 Å². The van der Waals surface area contributed by atoms with Crippen LogP contribution < -0.4 is 9.62 Å². The van der Waals surface area contributed by atoms with Crippen molar-refractivity contribution in [1.29, 1.82) is 0 Å². The number of hydrogen-bond acceptors (Lipinski definition) is 4. The van der Waals surface area contributed by atoms with Crippen molar-refractivity contribution in [1.82, 2.24) is 10.2 Å². The van der Waals surface area contributed by atoms with Gasteiger partial charge in [-0.1, -0.05) is 102 Å².